The van der Waals surface area contributed by atoms with Crippen LogP contribution in [0, 0.1) is 17.0 Å². The number of aromatic nitrogens is 4. The minimum absolute atomic E-state index is 0.0697. The van der Waals surface area contributed by atoms with Crippen molar-refractivity contribution in [1.82, 2.24) is 19.5 Å². The highest BCUT2D eigenvalue weighted by Gasteiger charge is 2.26. The molecule has 0 amide bonds. The summed E-state index contributed by atoms with van der Waals surface area (Å²) in [5, 5.41) is 14.2. The fraction of sp³-hybridized carbons (Fsp3) is 0.462. The summed E-state index contributed by atoms with van der Waals surface area (Å²) < 4.78 is 1.74. The molecular weight excluding hydrogens is 272 g/mol. The lowest BCUT2D eigenvalue weighted by molar-refractivity contribution is -0.385. The third-order valence-electron chi connectivity index (χ3n) is 3.70. The van der Waals surface area contributed by atoms with E-state index in [0.29, 0.717) is 11.6 Å². The number of rotatable bonds is 3. The molecule has 1 aliphatic carbocycles. The van der Waals surface area contributed by atoms with Gasteiger partial charge >= 0.3 is 5.69 Å². The lowest BCUT2D eigenvalue weighted by atomic mass is 10.0. The van der Waals surface area contributed by atoms with Gasteiger partial charge in [0.05, 0.1) is 10.6 Å². The molecule has 2 aromatic heterocycles. The van der Waals surface area contributed by atoms with Gasteiger partial charge in [-0.25, -0.2) is 9.97 Å². The Kier molecular flexibility index (Phi) is 3.28. The van der Waals surface area contributed by atoms with Crippen molar-refractivity contribution in [2.24, 2.45) is 0 Å². The zero-order valence-corrected chi connectivity index (χ0v) is 12.0. The third-order valence-corrected chi connectivity index (χ3v) is 3.70. The Morgan fingerprint density at radius 3 is 2.81 bits per heavy atom. The van der Waals surface area contributed by atoms with E-state index in [4.69, 9.17) is 0 Å². The number of nitrogens with one attached hydrogen (secondary N) is 1. The van der Waals surface area contributed by atoms with E-state index in [2.05, 4.69) is 20.3 Å². The van der Waals surface area contributed by atoms with Crippen LogP contribution in [-0.4, -0.2) is 31.5 Å². The average molecular weight is 288 g/mol. The summed E-state index contributed by atoms with van der Waals surface area (Å²) >= 11 is 0. The predicted molar refractivity (Wildman–Crippen MR) is 76.7 cm³/mol. The van der Waals surface area contributed by atoms with Crippen LogP contribution in [0.25, 0.3) is 5.82 Å². The Balaban J connectivity index is 2.23. The van der Waals surface area contributed by atoms with Crippen molar-refractivity contribution >= 4 is 11.6 Å². The van der Waals surface area contributed by atoms with Gasteiger partial charge in [0.1, 0.15) is 12.0 Å². The number of imidazole rings is 1. The van der Waals surface area contributed by atoms with Gasteiger partial charge < -0.3 is 5.32 Å². The molecular formula is C13H16N6O2. The minimum Gasteiger partial charge on any atom is -0.357 e. The fourth-order valence-corrected chi connectivity index (χ4v) is 2.70. The Morgan fingerprint density at radius 2 is 2.10 bits per heavy atom. The molecule has 0 saturated heterocycles. The summed E-state index contributed by atoms with van der Waals surface area (Å²) in [5.41, 5.74) is 2.30. The molecule has 0 bridgehead atoms. The van der Waals surface area contributed by atoms with Crippen molar-refractivity contribution in [1.29, 1.82) is 0 Å². The van der Waals surface area contributed by atoms with E-state index in [-0.39, 0.29) is 11.5 Å². The van der Waals surface area contributed by atoms with Crippen molar-refractivity contribution in [2.75, 3.05) is 12.4 Å². The zero-order chi connectivity index (χ0) is 15.0. The first-order valence-electron chi connectivity index (χ1n) is 6.88. The Labute approximate surface area is 121 Å². The first kappa shape index (κ1) is 13.5. The van der Waals surface area contributed by atoms with E-state index in [0.717, 1.165) is 37.1 Å². The molecule has 1 aliphatic rings. The molecule has 21 heavy (non-hydrogen) atoms. The highest BCUT2D eigenvalue weighted by atomic mass is 16.6. The Bertz CT molecular complexity index is 709. The molecule has 110 valence electrons. The summed E-state index contributed by atoms with van der Waals surface area (Å²) in [6.07, 6.45) is 5.58. The molecule has 8 heteroatoms. The topological polar surface area (TPSA) is 98.8 Å². The highest BCUT2D eigenvalue weighted by Crippen LogP contribution is 2.29. The number of anilines is 1. The first-order valence-corrected chi connectivity index (χ1v) is 6.88. The predicted octanol–water partition coefficient (Wildman–Crippen LogP) is 1.80. The van der Waals surface area contributed by atoms with Gasteiger partial charge in [-0.05, 0) is 32.6 Å². The van der Waals surface area contributed by atoms with Gasteiger partial charge in [-0.1, -0.05) is 0 Å². The van der Waals surface area contributed by atoms with E-state index in [1.54, 1.807) is 24.9 Å². The SMILES string of the molecule is CNc1nc(C)c([N+](=O)[O-])c(-n2cnc3c2CCCC3)n1. The summed E-state index contributed by atoms with van der Waals surface area (Å²) in [5.74, 6) is 0.652. The molecule has 8 nitrogen and oxygen atoms in total. The number of fused-ring (bicyclic) bond motifs is 1. The summed E-state index contributed by atoms with van der Waals surface area (Å²) in [6, 6.07) is 0. The Morgan fingerprint density at radius 1 is 1.33 bits per heavy atom. The van der Waals surface area contributed by atoms with Crippen molar-refractivity contribution in [3.8, 4) is 5.82 Å². The fourth-order valence-electron chi connectivity index (χ4n) is 2.70. The molecule has 0 saturated carbocycles. The van der Waals surface area contributed by atoms with Crippen LogP contribution in [0.15, 0.2) is 6.33 Å². The second kappa shape index (κ2) is 5.12. The number of nitro groups is 1. The molecule has 2 heterocycles. The third kappa shape index (κ3) is 2.22. The van der Waals surface area contributed by atoms with Crippen LogP contribution in [0.2, 0.25) is 0 Å². The maximum Gasteiger partial charge on any atom is 0.333 e. The van der Waals surface area contributed by atoms with Crippen LogP contribution >= 0.6 is 0 Å². The standard InChI is InChI=1S/C13H16N6O2/c1-8-11(19(20)21)12(17-13(14-2)16-8)18-7-15-9-5-3-4-6-10(9)18/h7H,3-6H2,1-2H3,(H,14,16,17). The van der Waals surface area contributed by atoms with E-state index >= 15 is 0 Å². The van der Waals surface area contributed by atoms with E-state index in [9.17, 15) is 10.1 Å². The normalized spacial score (nSPS) is 13.8. The molecule has 0 unspecified atom stereocenters. The van der Waals surface area contributed by atoms with Crippen LogP contribution in [-0.2, 0) is 12.8 Å². The minimum atomic E-state index is -0.431. The first-order chi connectivity index (χ1) is 10.1. The van der Waals surface area contributed by atoms with Gasteiger partial charge in [0.25, 0.3) is 0 Å². The lowest BCUT2D eigenvalue weighted by Crippen LogP contribution is -2.12. The largest absolute Gasteiger partial charge is 0.357 e. The van der Waals surface area contributed by atoms with E-state index < -0.39 is 4.92 Å². The molecule has 0 spiro atoms. The van der Waals surface area contributed by atoms with Crippen molar-refractivity contribution in [3.05, 3.63) is 33.5 Å². The van der Waals surface area contributed by atoms with Crippen molar-refractivity contribution in [2.45, 2.75) is 32.6 Å². The second-order valence-corrected chi connectivity index (χ2v) is 5.03. The van der Waals surface area contributed by atoms with Crippen LogP contribution in [0.4, 0.5) is 11.6 Å². The maximum absolute atomic E-state index is 11.4. The van der Waals surface area contributed by atoms with Crippen molar-refractivity contribution in [3.63, 3.8) is 0 Å². The maximum atomic E-state index is 11.4. The summed E-state index contributed by atoms with van der Waals surface area (Å²) in [4.78, 5) is 23.7. The van der Waals surface area contributed by atoms with Gasteiger partial charge in [-0.15, -0.1) is 0 Å². The molecule has 2 aromatic rings. The Hall–Kier alpha value is -2.51. The van der Waals surface area contributed by atoms with Crippen molar-refractivity contribution < 1.29 is 4.92 Å². The van der Waals surface area contributed by atoms with Crippen LogP contribution < -0.4 is 5.32 Å². The number of hydrogen-bond acceptors (Lipinski definition) is 6. The summed E-state index contributed by atoms with van der Waals surface area (Å²) in [6.45, 7) is 1.62. The van der Waals surface area contributed by atoms with Crippen LogP contribution in [0.1, 0.15) is 29.9 Å². The number of nitrogens with zero attached hydrogens (tertiary/aromatic N) is 5. The molecule has 1 N–H and O–H groups in total. The zero-order valence-electron chi connectivity index (χ0n) is 12.0. The molecule has 0 aliphatic heterocycles. The van der Waals surface area contributed by atoms with Gasteiger partial charge in [0.15, 0.2) is 0 Å². The summed E-state index contributed by atoms with van der Waals surface area (Å²) in [7, 11) is 1.69. The van der Waals surface area contributed by atoms with Gasteiger partial charge in [0, 0.05) is 12.7 Å². The van der Waals surface area contributed by atoms with Crippen LogP contribution in [0.5, 0.6) is 0 Å². The van der Waals surface area contributed by atoms with Crippen LogP contribution in [0.3, 0.4) is 0 Å². The van der Waals surface area contributed by atoms with Gasteiger partial charge in [-0.2, -0.15) is 4.98 Å². The average Bonchev–Trinajstić information content (AvgIpc) is 2.89. The number of hydrogen-bond donors (Lipinski definition) is 1. The van der Waals surface area contributed by atoms with E-state index in [1.165, 1.54) is 0 Å². The number of aryl methyl sites for hydroxylation is 2. The molecule has 0 radical (unpaired) electrons. The van der Waals surface area contributed by atoms with E-state index in [1.807, 2.05) is 0 Å². The smallest absolute Gasteiger partial charge is 0.333 e. The molecule has 0 fully saturated rings. The molecule has 0 atom stereocenters. The highest BCUT2D eigenvalue weighted by molar-refractivity contribution is 5.54. The second-order valence-electron chi connectivity index (χ2n) is 5.03. The van der Waals surface area contributed by atoms with Gasteiger partial charge in [0.2, 0.25) is 11.8 Å². The monoisotopic (exact) mass is 288 g/mol. The molecule has 0 aromatic carbocycles. The molecule has 3 rings (SSSR count). The lowest BCUT2D eigenvalue weighted by Gasteiger charge is -2.14. The quantitative estimate of drug-likeness (QED) is 0.683. The van der Waals surface area contributed by atoms with Gasteiger partial charge in [-0.3, -0.25) is 14.7 Å².